The quantitative estimate of drug-likeness (QED) is 0.301. The molecule has 0 radical (unpaired) electrons. The van der Waals surface area contributed by atoms with E-state index in [-0.39, 0.29) is 24.3 Å². The van der Waals surface area contributed by atoms with E-state index in [2.05, 4.69) is 15.6 Å². The third-order valence-corrected chi connectivity index (χ3v) is 7.61. The van der Waals surface area contributed by atoms with Gasteiger partial charge in [-0.05, 0) is 50.8 Å². The predicted molar refractivity (Wildman–Crippen MR) is 150 cm³/mol. The number of aliphatic imine (C=N–C) groups is 1. The van der Waals surface area contributed by atoms with E-state index in [0.29, 0.717) is 25.7 Å². The average molecular weight is 543 g/mol. The van der Waals surface area contributed by atoms with Crippen molar-refractivity contribution in [1.29, 1.82) is 0 Å². The summed E-state index contributed by atoms with van der Waals surface area (Å²) < 4.78 is 5.15. The van der Waals surface area contributed by atoms with Gasteiger partial charge in [0, 0.05) is 17.9 Å². The van der Waals surface area contributed by atoms with E-state index >= 15 is 0 Å². The van der Waals surface area contributed by atoms with Crippen LogP contribution in [0.5, 0.6) is 0 Å². The molecule has 2 aromatic rings. The van der Waals surface area contributed by atoms with Gasteiger partial charge in [-0.3, -0.25) is 14.4 Å². The van der Waals surface area contributed by atoms with Gasteiger partial charge in [-0.15, -0.1) is 6.42 Å². The molecule has 0 aliphatic carbocycles. The average Bonchev–Trinajstić information content (AvgIpc) is 3.37. The molecule has 208 valence electrons. The molecule has 2 N–H and O–H groups in total. The molecular formula is C31H34N4O5. The smallest absolute Gasteiger partial charge is 0.384 e. The number of carbonyl (C=O) groups is 4. The van der Waals surface area contributed by atoms with Gasteiger partial charge in [-0.2, -0.15) is 0 Å². The second-order valence-corrected chi connectivity index (χ2v) is 10.1. The summed E-state index contributed by atoms with van der Waals surface area (Å²) in [6.45, 7) is 1.47. The molecule has 2 heterocycles. The van der Waals surface area contributed by atoms with Crippen LogP contribution >= 0.6 is 0 Å². The van der Waals surface area contributed by atoms with Crippen LogP contribution in [0.4, 0.5) is 0 Å². The first-order valence-electron chi connectivity index (χ1n) is 13.5. The van der Waals surface area contributed by atoms with Crippen molar-refractivity contribution in [2.45, 2.75) is 56.8 Å². The van der Waals surface area contributed by atoms with Crippen molar-refractivity contribution in [3.05, 3.63) is 71.8 Å². The van der Waals surface area contributed by atoms with Gasteiger partial charge in [0.15, 0.2) is 0 Å². The molecule has 9 nitrogen and oxygen atoms in total. The lowest BCUT2D eigenvalue weighted by Gasteiger charge is -2.30. The lowest BCUT2D eigenvalue weighted by atomic mass is 9.96. The zero-order valence-electron chi connectivity index (χ0n) is 22.7. The number of likely N-dealkylation sites (N-methyl/N-ethyl adjacent to an activating group) is 1. The Morgan fingerprint density at radius 1 is 1.02 bits per heavy atom. The standard InChI is InChI=1S/C31H34N4O5/c1-4-26(36)40-19-23-15-16-24-17-18-25(35(24)31(39)28(23)34-29(37)20(2)32-3)30(38)33-27(21-11-7-5-8-12-21)22-13-9-6-10-14-22/h1,5-14,20,23-25,27,32H,15-19H2,2-3H3,(H,33,38)/t20-,23+,24-,25?/m0/s1. The minimum atomic E-state index is -0.850. The lowest BCUT2D eigenvalue weighted by molar-refractivity contribution is -0.137. The second kappa shape index (κ2) is 13.2. The first kappa shape index (κ1) is 28.7. The van der Waals surface area contributed by atoms with E-state index < -0.39 is 41.8 Å². The summed E-state index contributed by atoms with van der Waals surface area (Å²) in [5.41, 5.74) is 1.83. The van der Waals surface area contributed by atoms with E-state index in [0.717, 1.165) is 11.1 Å². The number of hydrogen-bond donors (Lipinski definition) is 2. The van der Waals surface area contributed by atoms with E-state index in [1.54, 1.807) is 18.9 Å². The molecule has 1 unspecified atom stereocenters. The number of carbonyl (C=O) groups excluding carboxylic acids is 4. The number of fused-ring (bicyclic) bond motifs is 1. The highest BCUT2D eigenvalue weighted by molar-refractivity contribution is 6.41. The van der Waals surface area contributed by atoms with Gasteiger partial charge in [-0.25, -0.2) is 9.79 Å². The monoisotopic (exact) mass is 542 g/mol. The highest BCUT2D eigenvalue weighted by atomic mass is 16.5. The zero-order chi connectivity index (χ0) is 28.6. The number of esters is 1. The minimum Gasteiger partial charge on any atom is -0.455 e. The van der Waals surface area contributed by atoms with Crippen LogP contribution < -0.4 is 10.6 Å². The summed E-state index contributed by atoms with van der Waals surface area (Å²) in [6, 6.07) is 17.3. The Kier molecular flexibility index (Phi) is 9.46. The van der Waals surface area contributed by atoms with E-state index in [1.165, 1.54) is 0 Å². The highest BCUT2D eigenvalue weighted by Gasteiger charge is 2.46. The summed E-state index contributed by atoms with van der Waals surface area (Å²) in [4.78, 5) is 58.0. The van der Waals surface area contributed by atoms with Crippen molar-refractivity contribution in [3.8, 4) is 12.3 Å². The first-order valence-corrected chi connectivity index (χ1v) is 13.5. The predicted octanol–water partition coefficient (Wildman–Crippen LogP) is 2.41. The first-order chi connectivity index (χ1) is 19.3. The number of nitrogens with one attached hydrogen (secondary N) is 2. The molecule has 2 saturated heterocycles. The second-order valence-electron chi connectivity index (χ2n) is 10.1. The zero-order valence-corrected chi connectivity index (χ0v) is 22.7. The molecule has 9 heteroatoms. The number of ether oxygens (including phenoxy) is 1. The van der Waals surface area contributed by atoms with Crippen molar-refractivity contribution in [2.75, 3.05) is 13.7 Å². The molecule has 2 aromatic carbocycles. The van der Waals surface area contributed by atoms with Crippen LogP contribution in [0.15, 0.2) is 65.7 Å². The number of amides is 3. The van der Waals surface area contributed by atoms with E-state index in [1.807, 2.05) is 66.6 Å². The summed E-state index contributed by atoms with van der Waals surface area (Å²) in [6.07, 6.45) is 7.28. The number of terminal acetylenes is 1. The maximum atomic E-state index is 14.0. The Morgan fingerprint density at radius 2 is 1.62 bits per heavy atom. The van der Waals surface area contributed by atoms with Gasteiger partial charge in [0.2, 0.25) is 5.91 Å². The number of nitrogens with zero attached hydrogens (tertiary/aromatic N) is 2. The highest BCUT2D eigenvalue weighted by Crippen LogP contribution is 2.34. The largest absolute Gasteiger partial charge is 0.455 e. The van der Waals surface area contributed by atoms with Gasteiger partial charge in [-0.1, -0.05) is 60.7 Å². The number of benzene rings is 2. The van der Waals surface area contributed by atoms with Crippen LogP contribution in [0.25, 0.3) is 0 Å². The molecule has 0 saturated carbocycles. The van der Waals surface area contributed by atoms with Gasteiger partial charge in [0.05, 0.1) is 12.1 Å². The Bertz CT molecular complexity index is 1260. The third kappa shape index (κ3) is 6.46. The van der Waals surface area contributed by atoms with Gasteiger partial charge >= 0.3 is 5.97 Å². The molecular weight excluding hydrogens is 508 g/mol. The normalized spacial score (nSPS) is 22.2. The van der Waals surface area contributed by atoms with Crippen LogP contribution in [0.3, 0.4) is 0 Å². The van der Waals surface area contributed by atoms with Crippen LogP contribution in [0.2, 0.25) is 0 Å². The van der Waals surface area contributed by atoms with Crippen molar-refractivity contribution < 1.29 is 23.9 Å². The minimum absolute atomic E-state index is 0.0122. The molecule has 0 spiro atoms. The maximum Gasteiger partial charge on any atom is 0.384 e. The van der Waals surface area contributed by atoms with Crippen LogP contribution in [-0.2, 0) is 23.9 Å². The Morgan fingerprint density at radius 3 is 2.20 bits per heavy atom. The third-order valence-electron chi connectivity index (χ3n) is 7.61. The topological polar surface area (TPSA) is 117 Å². The Labute approximate surface area is 234 Å². The van der Waals surface area contributed by atoms with Crippen LogP contribution in [0.1, 0.15) is 49.8 Å². The van der Waals surface area contributed by atoms with Crippen molar-refractivity contribution >= 4 is 29.4 Å². The summed E-state index contributed by atoms with van der Waals surface area (Å²) >= 11 is 0. The molecule has 4 atom stereocenters. The van der Waals surface area contributed by atoms with Gasteiger partial charge < -0.3 is 20.3 Å². The summed E-state index contributed by atoms with van der Waals surface area (Å²) in [5, 5.41) is 5.99. The fraction of sp³-hybridized carbons (Fsp3) is 0.387. The van der Waals surface area contributed by atoms with Gasteiger partial charge in [0.25, 0.3) is 11.8 Å². The summed E-state index contributed by atoms with van der Waals surface area (Å²) in [5.74, 6) is -0.864. The molecule has 4 rings (SSSR count). The van der Waals surface area contributed by atoms with E-state index in [9.17, 15) is 19.2 Å². The molecule has 0 aromatic heterocycles. The molecule has 3 amide bonds. The van der Waals surface area contributed by atoms with E-state index in [4.69, 9.17) is 11.2 Å². The molecule has 2 aliphatic rings. The van der Waals surface area contributed by atoms with Crippen LogP contribution in [-0.4, -0.2) is 66.1 Å². The molecule has 2 fully saturated rings. The molecule has 40 heavy (non-hydrogen) atoms. The number of rotatable bonds is 8. The Balaban J connectivity index is 1.63. The molecule has 2 aliphatic heterocycles. The fourth-order valence-electron chi connectivity index (χ4n) is 5.32. The van der Waals surface area contributed by atoms with Crippen LogP contribution in [0, 0.1) is 18.3 Å². The number of hydrogen-bond acceptors (Lipinski definition) is 6. The van der Waals surface area contributed by atoms with Crippen molar-refractivity contribution in [1.82, 2.24) is 15.5 Å². The SMILES string of the molecule is C#CC(=O)OC[C@H]1CC[C@H]2CCC(C(=O)NC(c3ccccc3)c3ccccc3)N2C(=O)C1=NC(=O)[C@H](C)NC. The fourth-order valence-corrected chi connectivity index (χ4v) is 5.32. The summed E-state index contributed by atoms with van der Waals surface area (Å²) in [7, 11) is 1.62. The lowest BCUT2D eigenvalue weighted by Crippen LogP contribution is -2.51. The van der Waals surface area contributed by atoms with Crippen molar-refractivity contribution in [3.63, 3.8) is 0 Å². The maximum absolute atomic E-state index is 14.0. The molecule has 0 bridgehead atoms. The Hall–Kier alpha value is -4.29. The van der Waals surface area contributed by atoms with Gasteiger partial charge in [0.1, 0.15) is 18.4 Å². The van der Waals surface area contributed by atoms with Crippen molar-refractivity contribution in [2.24, 2.45) is 10.9 Å².